The molecule has 0 radical (unpaired) electrons. The fourth-order valence-electron chi connectivity index (χ4n) is 1.82. The minimum absolute atomic E-state index is 0.0182. The van der Waals surface area contributed by atoms with Crippen molar-refractivity contribution >= 4 is 29.9 Å². The van der Waals surface area contributed by atoms with Crippen molar-refractivity contribution in [1.82, 2.24) is 9.97 Å². The van der Waals surface area contributed by atoms with Gasteiger partial charge in [0.05, 0.1) is 11.0 Å². The summed E-state index contributed by atoms with van der Waals surface area (Å²) >= 11 is 1.56. The molecule has 0 bridgehead atoms. The maximum atomic E-state index is 9.78. The average Bonchev–Trinajstić information content (AvgIpc) is 2.97. The molecule has 3 rings (SSSR count). The molecule has 96 valence electrons. The molecule has 1 aliphatic rings. The van der Waals surface area contributed by atoms with E-state index in [1.807, 2.05) is 31.2 Å². The summed E-state index contributed by atoms with van der Waals surface area (Å²) in [6.45, 7) is 2.04. The lowest BCUT2D eigenvalue weighted by Crippen LogP contribution is -2.06. The Morgan fingerprint density at radius 3 is 3.16 bits per heavy atom. The molecule has 2 aromatic rings. The number of aromatic hydroxyl groups is 1. The third kappa shape index (κ3) is 2.39. The quantitative estimate of drug-likeness (QED) is 0.828. The van der Waals surface area contributed by atoms with Gasteiger partial charge in [-0.1, -0.05) is 24.8 Å². The van der Waals surface area contributed by atoms with Crippen molar-refractivity contribution in [3.63, 3.8) is 0 Å². The van der Waals surface area contributed by atoms with E-state index in [0.29, 0.717) is 5.69 Å². The van der Waals surface area contributed by atoms with Gasteiger partial charge in [0.25, 0.3) is 0 Å². The second-order valence-corrected chi connectivity index (χ2v) is 5.23. The Morgan fingerprint density at radius 2 is 2.32 bits per heavy atom. The largest absolute Gasteiger partial charge is 0.492 e. The first kappa shape index (κ1) is 12.0. The maximum Gasteiger partial charge on any atom is 0.237 e. The predicted octanol–water partition coefficient (Wildman–Crippen LogP) is 1.35. The van der Waals surface area contributed by atoms with Gasteiger partial charge >= 0.3 is 0 Å². The summed E-state index contributed by atoms with van der Waals surface area (Å²) in [5.74, 6) is 0.922. The van der Waals surface area contributed by atoms with Crippen LogP contribution in [0.25, 0.3) is 6.08 Å². The van der Waals surface area contributed by atoms with Gasteiger partial charge < -0.3 is 10.1 Å². The summed E-state index contributed by atoms with van der Waals surface area (Å²) in [5, 5.41) is 12.3. The summed E-state index contributed by atoms with van der Waals surface area (Å²) in [5.41, 5.74) is 1.45. The molecule has 0 spiro atoms. The monoisotopic (exact) mass is 272 g/mol. The highest BCUT2D eigenvalue weighted by molar-refractivity contribution is 7.99. The molecule has 1 aromatic heterocycles. The van der Waals surface area contributed by atoms with E-state index in [2.05, 4.69) is 20.0 Å². The van der Waals surface area contributed by atoms with E-state index in [1.54, 1.807) is 11.8 Å². The van der Waals surface area contributed by atoms with Crippen LogP contribution in [0.2, 0.25) is 0 Å². The molecule has 0 saturated carbocycles. The normalized spacial score (nSPS) is 13.6. The Morgan fingerprint density at radius 1 is 1.42 bits per heavy atom. The maximum absolute atomic E-state index is 9.78. The van der Waals surface area contributed by atoms with Gasteiger partial charge in [0.15, 0.2) is 5.16 Å². The van der Waals surface area contributed by atoms with Gasteiger partial charge in [0.2, 0.25) is 5.88 Å². The van der Waals surface area contributed by atoms with Gasteiger partial charge in [0, 0.05) is 0 Å². The number of rotatable bonds is 3. The van der Waals surface area contributed by atoms with Gasteiger partial charge in [-0.15, -0.1) is 0 Å². The number of nitrogens with one attached hydrogen (secondary N) is 1. The molecule has 0 aliphatic carbocycles. The second kappa shape index (κ2) is 4.89. The Labute approximate surface area is 113 Å². The van der Waals surface area contributed by atoms with Gasteiger partial charge in [-0.3, -0.25) is 0 Å². The molecule has 5 nitrogen and oxygen atoms in total. The molecule has 0 fully saturated rings. The topological polar surface area (TPSA) is 73.6 Å². The van der Waals surface area contributed by atoms with Gasteiger partial charge in [-0.2, -0.15) is 4.98 Å². The van der Waals surface area contributed by atoms with Crippen molar-refractivity contribution in [3.05, 3.63) is 34.5 Å². The van der Waals surface area contributed by atoms with Crippen molar-refractivity contribution in [2.75, 3.05) is 5.75 Å². The number of H-pyrrole nitrogens is 1. The number of thioether (sulfide) groups is 1. The lowest BCUT2D eigenvalue weighted by molar-refractivity contribution is 0.453. The first-order valence-electron chi connectivity index (χ1n) is 5.90. The summed E-state index contributed by atoms with van der Waals surface area (Å²) in [4.78, 5) is 15.4. The summed E-state index contributed by atoms with van der Waals surface area (Å²) in [6, 6.07) is 5.77. The Kier molecular flexibility index (Phi) is 3.08. The van der Waals surface area contributed by atoms with E-state index in [4.69, 9.17) is 0 Å². The second-order valence-electron chi connectivity index (χ2n) is 3.98. The average molecular weight is 272 g/mol. The Hall–Kier alpha value is -2.08. The number of hydrogen-bond acceptors (Lipinski definition) is 5. The van der Waals surface area contributed by atoms with E-state index in [9.17, 15) is 5.11 Å². The standard InChI is InChI=1S/C13H12N4OS/c1-2-19-13-16-11(12(18)17-13)6-8-3-4-9-10(5-8)15-7-14-9/h3-7,18H,2H2,1H3,(H,16,17)/b8-6+. The first-order valence-corrected chi connectivity index (χ1v) is 6.89. The summed E-state index contributed by atoms with van der Waals surface area (Å²) in [7, 11) is 0. The molecule has 2 N–H and O–H groups in total. The van der Waals surface area contributed by atoms with Crippen LogP contribution in [0.1, 0.15) is 12.6 Å². The van der Waals surface area contributed by atoms with Crippen LogP contribution in [0.5, 0.6) is 5.88 Å². The van der Waals surface area contributed by atoms with Crippen LogP contribution in [-0.2, 0) is 0 Å². The predicted molar refractivity (Wildman–Crippen MR) is 75.6 cm³/mol. The van der Waals surface area contributed by atoms with E-state index in [0.717, 1.165) is 27.2 Å². The zero-order chi connectivity index (χ0) is 13.2. The Bertz CT molecular complexity index is 763. The van der Waals surface area contributed by atoms with Crippen LogP contribution in [0.15, 0.2) is 33.3 Å². The third-order valence-corrected chi connectivity index (χ3v) is 3.43. The minimum Gasteiger partial charge on any atom is -0.492 e. The van der Waals surface area contributed by atoms with Crippen LogP contribution in [0.4, 0.5) is 5.69 Å². The van der Waals surface area contributed by atoms with Gasteiger partial charge in [0.1, 0.15) is 12.0 Å². The van der Waals surface area contributed by atoms with Gasteiger partial charge in [-0.25, -0.2) is 9.98 Å². The lowest BCUT2D eigenvalue weighted by Gasteiger charge is -1.91. The molecule has 1 aliphatic heterocycles. The van der Waals surface area contributed by atoms with Crippen molar-refractivity contribution < 1.29 is 5.11 Å². The number of imidazole rings is 1. The molecule has 2 heterocycles. The van der Waals surface area contributed by atoms with Crippen LogP contribution >= 0.6 is 11.8 Å². The molecule has 0 atom stereocenters. The summed E-state index contributed by atoms with van der Waals surface area (Å²) in [6.07, 6.45) is 3.38. The zero-order valence-corrected chi connectivity index (χ0v) is 11.1. The highest BCUT2D eigenvalue weighted by atomic mass is 32.2. The zero-order valence-electron chi connectivity index (χ0n) is 10.3. The Balaban J connectivity index is 2.02. The third-order valence-electron chi connectivity index (χ3n) is 2.68. The van der Waals surface area contributed by atoms with E-state index < -0.39 is 0 Å². The molecule has 6 heteroatoms. The van der Waals surface area contributed by atoms with Crippen molar-refractivity contribution in [2.24, 2.45) is 9.98 Å². The molecule has 19 heavy (non-hydrogen) atoms. The SMILES string of the molecule is CCSc1nc(O)c(/C=c2\ccc3c(c2)N=CN=3)[nH]1. The number of aromatic amines is 1. The smallest absolute Gasteiger partial charge is 0.237 e. The molecule has 0 saturated heterocycles. The molecular weight excluding hydrogens is 260 g/mol. The molecule has 1 aromatic carbocycles. The van der Waals surface area contributed by atoms with E-state index >= 15 is 0 Å². The fourth-order valence-corrected chi connectivity index (χ4v) is 2.43. The van der Waals surface area contributed by atoms with Crippen LogP contribution in [-0.4, -0.2) is 27.2 Å². The number of aliphatic imine (C=N–C) groups is 1. The number of hydrogen-bond donors (Lipinski definition) is 2. The summed E-state index contributed by atoms with van der Waals surface area (Å²) < 4.78 is 0. The van der Waals surface area contributed by atoms with Crippen molar-refractivity contribution in [2.45, 2.75) is 12.1 Å². The van der Waals surface area contributed by atoms with Gasteiger partial charge in [-0.05, 0) is 29.2 Å². The van der Waals surface area contributed by atoms with E-state index in [1.165, 1.54) is 6.34 Å². The lowest BCUT2D eigenvalue weighted by atomic mass is 10.2. The molecule has 0 unspecified atom stereocenters. The minimum atomic E-state index is 0.0182. The number of benzene rings is 1. The van der Waals surface area contributed by atoms with Crippen LogP contribution in [0, 0.1) is 0 Å². The van der Waals surface area contributed by atoms with Crippen molar-refractivity contribution in [3.8, 4) is 5.88 Å². The van der Waals surface area contributed by atoms with E-state index in [-0.39, 0.29) is 5.88 Å². The van der Waals surface area contributed by atoms with Crippen LogP contribution < -0.4 is 10.6 Å². The number of aromatic nitrogens is 2. The van der Waals surface area contributed by atoms with Crippen LogP contribution in [0.3, 0.4) is 0 Å². The highest BCUT2D eigenvalue weighted by Gasteiger charge is 2.06. The molecular formula is C13H12N4OS. The number of nitrogens with zero attached hydrogens (tertiary/aromatic N) is 3. The molecule has 0 amide bonds. The fraction of sp³-hybridized carbons (Fsp3) is 0.154. The number of fused-ring (bicyclic) bond motifs is 1. The van der Waals surface area contributed by atoms with Crippen molar-refractivity contribution in [1.29, 1.82) is 0 Å². The first-order chi connectivity index (χ1) is 9.26. The highest BCUT2D eigenvalue weighted by Crippen LogP contribution is 2.21.